The van der Waals surface area contributed by atoms with Crippen LogP contribution >= 0.6 is 0 Å². The maximum Gasteiger partial charge on any atom is 0.270 e. The number of aryl methyl sites for hydroxylation is 1. The van der Waals surface area contributed by atoms with Gasteiger partial charge in [-0.15, -0.1) is 0 Å². The average molecular weight is 395 g/mol. The van der Waals surface area contributed by atoms with E-state index in [9.17, 15) is 4.79 Å². The van der Waals surface area contributed by atoms with Gasteiger partial charge in [0.2, 0.25) is 5.95 Å². The van der Waals surface area contributed by atoms with Crippen LogP contribution in [-0.2, 0) is 0 Å². The summed E-state index contributed by atoms with van der Waals surface area (Å²) in [6.45, 7) is 6.15. The normalized spacial score (nSPS) is 18.1. The van der Waals surface area contributed by atoms with Gasteiger partial charge in [-0.05, 0) is 57.1 Å². The smallest absolute Gasteiger partial charge is 0.270 e. The standard InChI is InChI=1S/C22H30N6O/c1-16-15-20(21(29)24-17-5-3-4-6-17)26-22(23-16)25-18-7-9-19(10-8-18)28-13-11-27(2)12-14-28/h7-10,15,17H,3-6,11-14H2,1-2H3,(H,24,29)(H,23,25,26). The van der Waals surface area contributed by atoms with Gasteiger partial charge in [-0.25, -0.2) is 9.97 Å². The lowest BCUT2D eigenvalue weighted by atomic mass is 10.2. The van der Waals surface area contributed by atoms with Gasteiger partial charge in [0.05, 0.1) is 0 Å². The van der Waals surface area contributed by atoms with E-state index in [1.165, 1.54) is 18.5 Å². The number of anilines is 3. The minimum absolute atomic E-state index is 0.115. The SMILES string of the molecule is Cc1cc(C(=O)NC2CCCC2)nc(Nc2ccc(N3CCN(C)CC3)cc2)n1. The maximum atomic E-state index is 12.6. The molecule has 2 fully saturated rings. The Hall–Kier alpha value is -2.67. The molecule has 0 unspecified atom stereocenters. The van der Waals surface area contributed by atoms with Crippen molar-refractivity contribution in [2.75, 3.05) is 43.4 Å². The zero-order chi connectivity index (χ0) is 20.2. The zero-order valence-corrected chi connectivity index (χ0v) is 17.3. The second-order valence-corrected chi connectivity index (χ2v) is 8.14. The summed E-state index contributed by atoms with van der Waals surface area (Å²) in [5, 5.41) is 6.34. The molecule has 2 heterocycles. The van der Waals surface area contributed by atoms with Crippen LogP contribution in [0.1, 0.15) is 41.9 Å². The Balaban J connectivity index is 1.42. The van der Waals surface area contributed by atoms with Crippen LogP contribution in [0.4, 0.5) is 17.3 Å². The van der Waals surface area contributed by atoms with E-state index in [0.717, 1.165) is 50.4 Å². The maximum absolute atomic E-state index is 12.6. The lowest BCUT2D eigenvalue weighted by molar-refractivity contribution is 0.0932. The number of hydrogen-bond acceptors (Lipinski definition) is 6. The van der Waals surface area contributed by atoms with Gasteiger partial charge >= 0.3 is 0 Å². The molecule has 1 aliphatic heterocycles. The van der Waals surface area contributed by atoms with Crippen molar-refractivity contribution in [1.29, 1.82) is 0 Å². The van der Waals surface area contributed by atoms with Crippen molar-refractivity contribution in [3.8, 4) is 0 Å². The van der Waals surface area contributed by atoms with Gasteiger partial charge in [-0.1, -0.05) is 12.8 Å². The Morgan fingerprint density at radius 3 is 2.41 bits per heavy atom. The Morgan fingerprint density at radius 2 is 1.72 bits per heavy atom. The van der Waals surface area contributed by atoms with Gasteiger partial charge in [0.15, 0.2) is 0 Å². The van der Waals surface area contributed by atoms with Crippen LogP contribution in [0.15, 0.2) is 30.3 Å². The number of amides is 1. The first-order valence-electron chi connectivity index (χ1n) is 10.5. The molecule has 0 radical (unpaired) electrons. The fraction of sp³-hybridized carbons (Fsp3) is 0.500. The molecule has 1 aromatic heterocycles. The highest BCUT2D eigenvalue weighted by molar-refractivity contribution is 5.93. The minimum Gasteiger partial charge on any atom is -0.369 e. The van der Waals surface area contributed by atoms with E-state index in [1.807, 2.05) is 19.1 Å². The molecule has 0 bridgehead atoms. The van der Waals surface area contributed by atoms with E-state index in [-0.39, 0.29) is 11.9 Å². The topological polar surface area (TPSA) is 73.4 Å². The van der Waals surface area contributed by atoms with Crippen molar-refractivity contribution in [2.45, 2.75) is 38.6 Å². The van der Waals surface area contributed by atoms with E-state index in [0.29, 0.717) is 11.6 Å². The van der Waals surface area contributed by atoms with E-state index in [1.54, 1.807) is 6.07 Å². The molecule has 7 nitrogen and oxygen atoms in total. The number of piperazine rings is 1. The monoisotopic (exact) mass is 394 g/mol. The molecule has 1 amide bonds. The third-order valence-electron chi connectivity index (χ3n) is 5.77. The Labute approximate surface area is 172 Å². The van der Waals surface area contributed by atoms with E-state index < -0.39 is 0 Å². The second-order valence-electron chi connectivity index (χ2n) is 8.14. The van der Waals surface area contributed by atoms with Gasteiger partial charge in [-0.2, -0.15) is 0 Å². The van der Waals surface area contributed by atoms with E-state index in [4.69, 9.17) is 0 Å². The van der Waals surface area contributed by atoms with E-state index >= 15 is 0 Å². The van der Waals surface area contributed by atoms with Crippen LogP contribution in [0.3, 0.4) is 0 Å². The number of aromatic nitrogens is 2. The number of hydrogen-bond donors (Lipinski definition) is 2. The summed E-state index contributed by atoms with van der Waals surface area (Å²) in [7, 11) is 2.16. The molecular weight excluding hydrogens is 364 g/mol. The first-order chi connectivity index (χ1) is 14.1. The summed E-state index contributed by atoms with van der Waals surface area (Å²) >= 11 is 0. The summed E-state index contributed by atoms with van der Waals surface area (Å²) < 4.78 is 0. The predicted molar refractivity (Wildman–Crippen MR) is 116 cm³/mol. The highest BCUT2D eigenvalue weighted by atomic mass is 16.1. The fourth-order valence-corrected chi connectivity index (χ4v) is 4.02. The number of rotatable bonds is 5. The van der Waals surface area contributed by atoms with Crippen LogP contribution in [-0.4, -0.2) is 60.0 Å². The number of benzene rings is 1. The highest BCUT2D eigenvalue weighted by Gasteiger charge is 2.19. The fourth-order valence-electron chi connectivity index (χ4n) is 4.02. The quantitative estimate of drug-likeness (QED) is 0.812. The molecule has 1 saturated carbocycles. The number of likely N-dealkylation sites (N-methyl/N-ethyl adjacent to an activating group) is 1. The molecule has 0 spiro atoms. The zero-order valence-electron chi connectivity index (χ0n) is 17.3. The van der Waals surface area contributed by atoms with Gasteiger partial charge in [0, 0.05) is 49.3 Å². The first kappa shape index (κ1) is 19.6. The van der Waals surface area contributed by atoms with Crippen LogP contribution in [0.5, 0.6) is 0 Å². The Morgan fingerprint density at radius 1 is 1.03 bits per heavy atom. The molecule has 7 heteroatoms. The summed E-state index contributed by atoms with van der Waals surface area (Å²) in [5.74, 6) is 0.338. The van der Waals surface area contributed by atoms with Crippen molar-refractivity contribution < 1.29 is 4.79 Å². The third kappa shape index (κ3) is 5.03. The van der Waals surface area contributed by atoms with Crippen molar-refractivity contribution in [1.82, 2.24) is 20.2 Å². The molecule has 1 aromatic carbocycles. The van der Waals surface area contributed by atoms with E-state index in [2.05, 4.69) is 49.6 Å². The third-order valence-corrected chi connectivity index (χ3v) is 5.77. The number of carbonyl (C=O) groups is 1. The molecular formula is C22H30N6O. The summed E-state index contributed by atoms with van der Waals surface area (Å²) in [6, 6.07) is 10.3. The van der Waals surface area contributed by atoms with Gasteiger partial charge < -0.3 is 20.4 Å². The molecule has 2 aliphatic rings. The summed E-state index contributed by atoms with van der Waals surface area (Å²) in [6.07, 6.45) is 4.48. The number of nitrogens with one attached hydrogen (secondary N) is 2. The minimum atomic E-state index is -0.115. The average Bonchev–Trinajstić information content (AvgIpc) is 3.22. The Bertz CT molecular complexity index is 839. The molecule has 29 heavy (non-hydrogen) atoms. The van der Waals surface area contributed by atoms with Gasteiger partial charge in [0.25, 0.3) is 5.91 Å². The van der Waals surface area contributed by atoms with Gasteiger partial charge in [-0.3, -0.25) is 4.79 Å². The Kier molecular flexibility index (Phi) is 5.94. The number of nitrogens with zero attached hydrogens (tertiary/aromatic N) is 4. The van der Waals surface area contributed by atoms with Crippen molar-refractivity contribution in [3.05, 3.63) is 41.7 Å². The summed E-state index contributed by atoms with van der Waals surface area (Å²) in [4.78, 5) is 26.2. The molecule has 2 aromatic rings. The number of carbonyl (C=O) groups excluding carboxylic acids is 1. The largest absolute Gasteiger partial charge is 0.369 e. The molecule has 1 saturated heterocycles. The lowest BCUT2D eigenvalue weighted by Gasteiger charge is -2.34. The molecule has 4 rings (SSSR count). The molecule has 2 N–H and O–H groups in total. The lowest BCUT2D eigenvalue weighted by Crippen LogP contribution is -2.44. The van der Waals surface area contributed by atoms with Crippen LogP contribution in [0.25, 0.3) is 0 Å². The predicted octanol–water partition coefficient (Wildman–Crippen LogP) is 2.95. The first-order valence-corrected chi connectivity index (χ1v) is 10.5. The summed E-state index contributed by atoms with van der Waals surface area (Å²) in [5.41, 5.74) is 3.33. The van der Waals surface area contributed by atoms with Crippen molar-refractivity contribution in [3.63, 3.8) is 0 Å². The highest BCUT2D eigenvalue weighted by Crippen LogP contribution is 2.22. The van der Waals surface area contributed by atoms with Crippen molar-refractivity contribution >= 4 is 23.2 Å². The van der Waals surface area contributed by atoms with Crippen molar-refractivity contribution in [2.24, 2.45) is 0 Å². The second kappa shape index (κ2) is 8.78. The van der Waals surface area contributed by atoms with Gasteiger partial charge in [0.1, 0.15) is 5.69 Å². The molecule has 1 aliphatic carbocycles. The van der Waals surface area contributed by atoms with Crippen LogP contribution in [0.2, 0.25) is 0 Å². The molecule has 154 valence electrons. The molecule has 0 atom stereocenters. The van der Waals surface area contributed by atoms with Crippen LogP contribution < -0.4 is 15.5 Å². The van der Waals surface area contributed by atoms with Crippen LogP contribution in [0, 0.1) is 6.92 Å².